The highest BCUT2D eigenvalue weighted by molar-refractivity contribution is 5.33. The van der Waals surface area contributed by atoms with Gasteiger partial charge in [-0.2, -0.15) is 5.26 Å². The number of hydrogen-bond donors (Lipinski definition) is 0. The lowest BCUT2D eigenvalue weighted by Gasteiger charge is -2.13. The van der Waals surface area contributed by atoms with Gasteiger partial charge in [-0.3, -0.25) is 0 Å². The van der Waals surface area contributed by atoms with E-state index in [9.17, 15) is 0 Å². The standard InChI is InChI=1S/C11H11NO/c1-13-11(7-10(11)8-12)9-5-3-2-4-6-9/h2-6,10H,7H2,1H3. The monoisotopic (exact) mass is 173 g/mol. The maximum Gasteiger partial charge on any atom is 0.110 e. The summed E-state index contributed by atoms with van der Waals surface area (Å²) in [6, 6.07) is 12.2. The van der Waals surface area contributed by atoms with Crippen molar-refractivity contribution in [1.82, 2.24) is 0 Å². The smallest absolute Gasteiger partial charge is 0.110 e. The quantitative estimate of drug-likeness (QED) is 0.685. The van der Waals surface area contributed by atoms with Gasteiger partial charge in [0.15, 0.2) is 0 Å². The fourth-order valence-electron chi connectivity index (χ4n) is 1.78. The predicted molar refractivity (Wildman–Crippen MR) is 48.8 cm³/mol. The van der Waals surface area contributed by atoms with Crippen molar-refractivity contribution in [2.24, 2.45) is 5.92 Å². The van der Waals surface area contributed by atoms with Crippen LogP contribution in [0.1, 0.15) is 12.0 Å². The molecule has 0 amide bonds. The molecule has 2 heteroatoms. The molecule has 1 saturated carbocycles. The Morgan fingerprint density at radius 3 is 2.62 bits per heavy atom. The van der Waals surface area contributed by atoms with Gasteiger partial charge in [0, 0.05) is 13.5 Å². The molecule has 1 aromatic rings. The van der Waals surface area contributed by atoms with Gasteiger partial charge in [-0.1, -0.05) is 30.3 Å². The lowest BCUT2D eigenvalue weighted by Crippen LogP contribution is -2.11. The third kappa shape index (κ3) is 1.13. The molecule has 0 spiro atoms. The summed E-state index contributed by atoms with van der Waals surface area (Å²) in [6.07, 6.45) is 0.823. The molecule has 2 unspecified atom stereocenters. The predicted octanol–water partition coefficient (Wildman–Crippen LogP) is 2.07. The van der Waals surface area contributed by atoms with Crippen molar-refractivity contribution in [3.63, 3.8) is 0 Å². The molecular weight excluding hydrogens is 162 g/mol. The van der Waals surface area contributed by atoms with Crippen LogP contribution in [0.15, 0.2) is 30.3 Å². The van der Waals surface area contributed by atoms with Crippen molar-refractivity contribution < 1.29 is 4.74 Å². The van der Waals surface area contributed by atoms with Gasteiger partial charge in [0.2, 0.25) is 0 Å². The molecule has 0 aliphatic heterocycles. The summed E-state index contributed by atoms with van der Waals surface area (Å²) in [6.45, 7) is 0. The van der Waals surface area contributed by atoms with E-state index in [2.05, 4.69) is 6.07 Å². The van der Waals surface area contributed by atoms with E-state index in [1.165, 1.54) is 0 Å². The molecule has 1 aliphatic rings. The first-order valence-corrected chi connectivity index (χ1v) is 4.34. The van der Waals surface area contributed by atoms with E-state index in [4.69, 9.17) is 10.00 Å². The molecule has 2 atom stereocenters. The van der Waals surface area contributed by atoms with Crippen molar-refractivity contribution in [3.8, 4) is 6.07 Å². The van der Waals surface area contributed by atoms with Crippen molar-refractivity contribution in [2.45, 2.75) is 12.0 Å². The van der Waals surface area contributed by atoms with Gasteiger partial charge in [-0.15, -0.1) is 0 Å². The lowest BCUT2D eigenvalue weighted by molar-refractivity contribution is 0.0703. The third-order valence-electron chi connectivity index (χ3n) is 2.69. The lowest BCUT2D eigenvalue weighted by atomic mass is 10.1. The Kier molecular flexibility index (Phi) is 1.82. The first-order valence-electron chi connectivity index (χ1n) is 4.34. The van der Waals surface area contributed by atoms with Crippen LogP contribution < -0.4 is 0 Å². The van der Waals surface area contributed by atoms with Gasteiger partial charge < -0.3 is 4.74 Å². The van der Waals surface area contributed by atoms with E-state index < -0.39 is 0 Å². The number of hydrogen-bond acceptors (Lipinski definition) is 2. The normalized spacial score (nSPS) is 30.9. The Balaban J connectivity index is 2.32. The van der Waals surface area contributed by atoms with Crippen LogP contribution in [0.3, 0.4) is 0 Å². The first-order chi connectivity index (χ1) is 6.33. The highest BCUT2D eigenvalue weighted by Crippen LogP contribution is 2.54. The van der Waals surface area contributed by atoms with Crippen molar-refractivity contribution in [2.75, 3.05) is 7.11 Å². The molecule has 13 heavy (non-hydrogen) atoms. The summed E-state index contributed by atoms with van der Waals surface area (Å²) in [5, 5.41) is 8.80. The largest absolute Gasteiger partial charge is 0.372 e. The van der Waals surface area contributed by atoms with Crippen LogP contribution in [-0.4, -0.2) is 7.11 Å². The van der Waals surface area contributed by atoms with Crippen LogP contribution in [-0.2, 0) is 10.3 Å². The zero-order valence-electron chi connectivity index (χ0n) is 7.53. The zero-order chi connectivity index (χ0) is 9.31. The molecule has 0 N–H and O–H groups in total. The molecule has 1 aliphatic carbocycles. The maximum absolute atomic E-state index is 8.80. The number of benzene rings is 1. The second-order valence-corrected chi connectivity index (χ2v) is 3.35. The van der Waals surface area contributed by atoms with E-state index in [0.29, 0.717) is 0 Å². The molecule has 1 aromatic carbocycles. The number of nitrogens with zero attached hydrogens (tertiary/aromatic N) is 1. The minimum Gasteiger partial charge on any atom is -0.372 e. The van der Waals surface area contributed by atoms with E-state index in [0.717, 1.165) is 12.0 Å². The van der Waals surface area contributed by atoms with Gasteiger partial charge in [-0.05, 0) is 5.56 Å². The molecule has 1 fully saturated rings. The van der Waals surface area contributed by atoms with E-state index in [1.807, 2.05) is 30.3 Å². The average molecular weight is 173 g/mol. The summed E-state index contributed by atoms with van der Waals surface area (Å²) in [4.78, 5) is 0. The summed E-state index contributed by atoms with van der Waals surface area (Å²) in [7, 11) is 1.67. The topological polar surface area (TPSA) is 33.0 Å². The van der Waals surface area contributed by atoms with Crippen molar-refractivity contribution in [1.29, 1.82) is 5.26 Å². The van der Waals surface area contributed by atoms with Crippen LogP contribution >= 0.6 is 0 Å². The average Bonchev–Trinajstić information content (AvgIpc) is 2.94. The number of ether oxygens (including phenoxy) is 1. The molecule has 2 nitrogen and oxygen atoms in total. The van der Waals surface area contributed by atoms with E-state index in [-0.39, 0.29) is 11.5 Å². The maximum atomic E-state index is 8.80. The summed E-state index contributed by atoms with van der Waals surface area (Å²) in [5.74, 6) is 0.0277. The van der Waals surface area contributed by atoms with Crippen LogP contribution in [0.25, 0.3) is 0 Å². The summed E-state index contributed by atoms with van der Waals surface area (Å²) >= 11 is 0. The van der Waals surface area contributed by atoms with Gasteiger partial charge in [0.05, 0.1) is 12.0 Å². The highest BCUT2D eigenvalue weighted by atomic mass is 16.5. The van der Waals surface area contributed by atoms with Crippen molar-refractivity contribution >= 4 is 0 Å². The SMILES string of the molecule is COC1(c2ccccc2)CC1C#N. The highest BCUT2D eigenvalue weighted by Gasteiger charge is 2.56. The van der Waals surface area contributed by atoms with Crippen LogP contribution in [0, 0.1) is 17.2 Å². The van der Waals surface area contributed by atoms with Crippen molar-refractivity contribution in [3.05, 3.63) is 35.9 Å². The Morgan fingerprint density at radius 2 is 2.15 bits per heavy atom. The Morgan fingerprint density at radius 1 is 1.46 bits per heavy atom. The second-order valence-electron chi connectivity index (χ2n) is 3.35. The molecule has 0 bridgehead atoms. The summed E-state index contributed by atoms with van der Waals surface area (Å²) in [5.41, 5.74) is 0.805. The van der Waals surface area contributed by atoms with E-state index in [1.54, 1.807) is 7.11 Å². The van der Waals surface area contributed by atoms with Crippen LogP contribution in [0.5, 0.6) is 0 Å². The molecule has 0 aromatic heterocycles. The number of nitriles is 1. The Hall–Kier alpha value is -1.33. The summed E-state index contributed by atoms with van der Waals surface area (Å²) < 4.78 is 5.42. The van der Waals surface area contributed by atoms with Gasteiger partial charge in [0.25, 0.3) is 0 Å². The van der Waals surface area contributed by atoms with Gasteiger partial charge in [0.1, 0.15) is 5.60 Å². The first kappa shape index (κ1) is 8.28. The van der Waals surface area contributed by atoms with Crippen LogP contribution in [0.2, 0.25) is 0 Å². The van der Waals surface area contributed by atoms with Crippen LogP contribution in [0.4, 0.5) is 0 Å². The fourth-order valence-corrected chi connectivity index (χ4v) is 1.78. The molecule has 0 heterocycles. The number of rotatable bonds is 2. The minimum atomic E-state index is -0.310. The third-order valence-corrected chi connectivity index (χ3v) is 2.69. The molecule has 0 saturated heterocycles. The zero-order valence-corrected chi connectivity index (χ0v) is 7.53. The Bertz CT molecular complexity index is 341. The number of methoxy groups -OCH3 is 1. The van der Waals surface area contributed by atoms with Gasteiger partial charge in [-0.25, -0.2) is 0 Å². The Labute approximate surface area is 77.8 Å². The molecule has 2 rings (SSSR count). The minimum absolute atomic E-state index is 0.0277. The molecule has 66 valence electrons. The van der Waals surface area contributed by atoms with E-state index >= 15 is 0 Å². The van der Waals surface area contributed by atoms with Gasteiger partial charge >= 0.3 is 0 Å². The fraction of sp³-hybridized carbons (Fsp3) is 0.364. The molecular formula is C11H11NO. The second kappa shape index (κ2) is 2.86. The molecule has 0 radical (unpaired) electrons.